The standard InChI is InChI=1S/C13H6Cl5N3O3/c14-7-8(15)10(21-12(18)9(7)16)13(23)24-4-6(22)20-5-2-1-3-19-11(5)17/h1-3H,4H2,(H,20,22). The average molecular weight is 429 g/mol. The SMILES string of the molecule is O=C(COC(=O)c1nc(Cl)c(Cl)c(Cl)c1Cl)Nc1cccnc1Cl. The molecule has 0 bridgehead atoms. The van der Waals surface area contributed by atoms with Crippen molar-refractivity contribution in [1.29, 1.82) is 0 Å². The van der Waals surface area contributed by atoms with Crippen molar-refractivity contribution in [3.8, 4) is 0 Å². The lowest BCUT2D eigenvalue weighted by molar-refractivity contribution is -0.119. The minimum absolute atomic E-state index is 0.0937. The van der Waals surface area contributed by atoms with Crippen molar-refractivity contribution in [2.45, 2.75) is 0 Å². The number of amides is 1. The lowest BCUT2D eigenvalue weighted by atomic mass is 10.3. The largest absolute Gasteiger partial charge is 0.451 e. The number of halogens is 5. The van der Waals surface area contributed by atoms with Gasteiger partial charge in [0.1, 0.15) is 5.15 Å². The lowest BCUT2D eigenvalue weighted by Crippen LogP contribution is -2.22. The summed E-state index contributed by atoms with van der Waals surface area (Å²) in [7, 11) is 0. The Morgan fingerprint density at radius 3 is 2.42 bits per heavy atom. The molecule has 0 aromatic carbocycles. The summed E-state index contributed by atoms with van der Waals surface area (Å²) in [6.45, 7) is -0.611. The molecule has 2 heterocycles. The Balaban J connectivity index is 2.04. The van der Waals surface area contributed by atoms with Gasteiger partial charge in [0.25, 0.3) is 5.91 Å². The van der Waals surface area contributed by atoms with Crippen LogP contribution in [0.4, 0.5) is 5.69 Å². The van der Waals surface area contributed by atoms with Gasteiger partial charge in [-0.25, -0.2) is 14.8 Å². The first-order valence-corrected chi connectivity index (χ1v) is 7.97. The second kappa shape index (κ2) is 8.18. The molecule has 2 aromatic heterocycles. The summed E-state index contributed by atoms with van der Waals surface area (Å²) >= 11 is 29.0. The van der Waals surface area contributed by atoms with E-state index in [1.807, 2.05) is 0 Å². The van der Waals surface area contributed by atoms with Crippen LogP contribution in [0.5, 0.6) is 0 Å². The van der Waals surface area contributed by atoms with Crippen molar-refractivity contribution in [3.05, 3.63) is 49.4 Å². The van der Waals surface area contributed by atoms with E-state index in [1.54, 1.807) is 6.07 Å². The third-order valence-electron chi connectivity index (χ3n) is 2.55. The molecule has 0 saturated carbocycles. The molecule has 2 rings (SSSR count). The van der Waals surface area contributed by atoms with Gasteiger partial charge in [0.15, 0.2) is 17.5 Å². The number of aromatic nitrogens is 2. The van der Waals surface area contributed by atoms with E-state index in [1.165, 1.54) is 12.3 Å². The topological polar surface area (TPSA) is 81.2 Å². The van der Waals surface area contributed by atoms with Crippen LogP contribution in [0, 0.1) is 0 Å². The van der Waals surface area contributed by atoms with Crippen molar-refractivity contribution in [2.75, 3.05) is 11.9 Å². The van der Waals surface area contributed by atoms with E-state index in [0.29, 0.717) is 0 Å². The number of carbonyl (C=O) groups excluding carboxylic acids is 2. The minimum atomic E-state index is -0.993. The minimum Gasteiger partial charge on any atom is -0.451 e. The molecule has 0 spiro atoms. The fraction of sp³-hybridized carbons (Fsp3) is 0.0769. The summed E-state index contributed by atoms with van der Waals surface area (Å²) in [5.74, 6) is -1.63. The van der Waals surface area contributed by atoms with E-state index in [0.717, 1.165) is 0 Å². The van der Waals surface area contributed by atoms with Crippen LogP contribution in [-0.2, 0) is 9.53 Å². The van der Waals surface area contributed by atoms with Gasteiger partial charge < -0.3 is 10.1 Å². The highest BCUT2D eigenvalue weighted by Crippen LogP contribution is 2.36. The number of nitrogens with one attached hydrogen (secondary N) is 1. The second-order valence-corrected chi connectivity index (χ2v) is 6.01. The van der Waals surface area contributed by atoms with Gasteiger partial charge in [0.2, 0.25) is 0 Å². The number of ether oxygens (including phenoxy) is 1. The van der Waals surface area contributed by atoms with Crippen molar-refractivity contribution in [3.63, 3.8) is 0 Å². The maximum Gasteiger partial charge on any atom is 0.359 e. The molecule has 11 heteroatoms. The third-order valence-corrected chi connectivity index (χ3v) is 4.52. The predicted octanol–water partition coefficient (Wildman–Crippen LogP) is 4.54. The van der Waals surface area contributed by atoms with Gasteiger partial charge in [-0.1, -0.05) is 58.0 Å². The molecule has 0 radical (unpaired) electrons. The number of nitrogens with zero attached hydrogens (tertiary/aromatic N) is 2. The van der Waals surface area contributed by atoms with Crippen molar-refractivity contribution < 1.29 is 14.3 Å². The number of carbonyl (C=O) groups is 2. The highest BCUT2D eigenvalue weighted by atomic mass is 35.5. The Bertz CT molecular complexity index is 816. The first kappa shape index (κ1) is 19.0. The van der Waals surface area contributed by atoms with E-state index in [-0.39, 0.29) is 36.8 Å². The molecule has 0 unspecified atom stereocenters. The van der Waals surface area contributed by atoms with E-state index >= 15 is 0 Å². The van der Waals surface area contributed by atoms with E-state index in [9.17, 15) is 9.59 Å². The van der Waals surface area contributed by atoms with Crippen LogP contribution in [0.3, 0.4) is 0 Å². The summed E-state index contributed by atoms with van der Waals surface area (Å²) in [5.41, 5.74) is -0.0859. The summed E-state index contributed by atoms with van der Waals surface area (Å²) in [5, 5.41) is 1.84. The molecular weight excluding hydrogens is 423 g/mol. The van der Waals surface area contributed by atoms with Gasteiger partial charge in [-0.05, 0) is 12.1 Å². The first-order chi connectivity index (χ1) is 11.3. The van der Waals surface area contributed by atoms with Crippen molar-refractivity contribution in [1.82, 2.24) is 9.97 Å². The number of anilines is 1. The molecule has 0 saturated heterocycles. The molecule has 126 valence electrons. The summed E-state index contributed by atoms with van der Waals surface area (Å²) in [6.07, 6.45) is 1.46. The summed E-state index contributed by atoms with van der Waals surface area (Å²) < 4.78 is 4.81. The number of rotatable bonds is 4. The summed E-state index contributed by atoms with van der Waals surface area (Å²) in [6, 6.07) is 3.11. The quantitative estimate of drug-likeness (QED) is 0.570. The average Bonchev–Trinajstić information content (AvgIpc) is 2.56. The van der Waals surface area contributed by atoms with Crippen LogP contribution >= 0.6 is 58.0 Å². The highest BCUT2D eigenvalue weighted by Gasteiger charge is 2.22. The van der Waals surface area contributed by atoms with Gasteiger partial charge in [0.05, 0.1) is 20.8 Å². The Morgan fingerprint density at radius 1 is 1.04 bits per heavy atom. The lowest BCUT2D eigenvalue weighted by Gasteiger charge is -2.09. The summed E-state index contributed by atoms with van der Waals surface area (Å²) in [4.78, 5) is 31.2. The van der Waals surface area contributed by atoms with E-state index in [2.05, 4.69) is 15.3 Å². The zero-order valence-corrected chi connectivity index (χ0v) is 15.2. The zero-order chi connectivity index (χ0) is 17.9. The van der Waals surface area contributed by atoms with Crippen LogP contribution in [0.2, 0.25) is 25.4 Å². The maximum atomic E-state index is 12.0. The number of hydrogen-bond acceptors (Lipinski definition) is 5. The van der Waals surface area contributed by atoms with Gasteiger partial charge in [-0.3, -0.25) is 4.79 Å². The molecule has 0 aliphatic heterocycles. The van der Waals surface area contributed by atoms with Gasteiger partial charge in [0, 0.05) is 6.20 Å². The van der Waals surface area contributed by atoms with Crippen LogP contribution in [0.25, 0.3) is 0 Å². The molecule has 2 aromatic rings. The van der Waals surface area contributed by atoms with Gasteiger partial charge in [-0.15, -0.1) is 0 Å². The predicted molar refractivity (Wildman–Crippen MR) is 92.4 cm³/mol. The Kier molecular flexibility index (Phi) is 6.48. The smallest absolute Gasteiger partial charge is 0.359 e. The monoisotopic (exact) mass is 427 g/mol. The first-order valence-electron chi connectivity index (χ1n) is 6.08. The molecule has 0 atom stereocenters. The Hall–Kier alpha value is -1.31. The molecule has 0 fully saturated rings. The number of hydrogen-bond donors (Lipinski definition) is 1. The molecule has 0 aliphatic rings. The second-order valence-electron chi connectivity index (χ2n) is 4.16. The van der Waals surface area contributed by atoms with Gasteiger partial charge in [-0.2, -0.15) is 0 Å². The molecule has 24 heavy (non-hydrogen) atoms. The molecule has 1 N–H and O–H groups in total. The maximum absolute atomic E-state index is 12.0. The van der Waals surface area contributed by atoms with Crippen LogP contribution in [0.1, 0.15) is 10.5 Å². The van der Waals surface area contributed by atoms with E-state index in [4.69, 9.17) is 62.7 Å². The third kappa shape index (κ3) is 4.40. The normalized spacial score (nSPS) is 10.4. The zero-order valence-electron chi connectivity index (χ0n) is 11.4. The van der Waals surface area contributed by atoms with E-state index < -0.39 is 18.5 Å². The van der Waals surface area contributed by atoms with Crippen molar-refractivity contribution >= 4 is 75.6 Å². The molecule has 6 nitrogen and oxygen atoms in total. The fourth-order valence-electron chi connectivity index (χ4n) is 1.49. The van der Waals surface area contributed by atoms with Crippen LogP contribution in [-0.4, -0.2) is 28.5 Å². The number of pyridine rings is 2. The van der Waals surface area contributed by atoms with Crippen molar-refractivity contribution in [2.24, 2.45) is 0 Å². The molecule has 0 aliphatic carbocycles. The van der Waals surface area contributed by atoms with Crippen LogP contribution in [0.15, 0.2) is 18.3 Å². The Labute approximate surface area is 161 Å². The van der Waals surface area contributed by atoms with Gasteiger partial charge >= 0.3 is 5.97 Å². The van der Waals surface area contributed by atoms with Crippen LogP contribution < -0.4 is 5.32 Å². The molecule has 1 amide bonds. The molecular formula is C13H6Cl5N3O3. The Morgan fingerprint density at radius 2 is 1.75 bits per heavy atom. The highest BCUT2D eigenvalue weighted by molar-refractivity contribution is 6.52. The number of esters is 1. The fourth-order valence-corrected chi connectivity index (χ4v) is 2.46.